The first-order valence-corrected chi connectivity index (χ1v) is 7.02. The van der Waals surface area contributed by atoms with Gasteiger partial charge in [-0.05, 0) is 30.5 Å². The minimum absolute atomic E-state index is 0.624. The van der Waals surface area contributed by atoms with Gasteiger partial charge in [-0.25, -0.2) is 0 Å². The Balaban J connectivity index is 2.47. The van der Waals surface area contributed by atoms with Gasteiger partial charge in [0.15, 0.2) is 0 Å². The molecule has 0 nitrogen and oxygen atoms in total. The first-order chi connectivity index (χ1) is 7.13. The smallest absolute Gasteiger partial charge is 0.0435 e. The number of hydrogen-bond acceptors (Lipinski definition) is 1. The number of aryl methyl sites for hydroxylation is 1. The lowest BCUT2D eigenvalue weighted by atomic mass is 10.2. The molecule has 0 spiro atoms. The summed E-state index contributed by atoms with van der Waals surface area (Å²) in [7, 11) is 0. The summed E-state index contributed by atoms with van der Waals surface area (Å²) in [5.74, 6) is 1.78. The van der Waals surface area contributed by atoms with E-state index in [4.69, 9.17) is 23.2 Å². The van der Waals surface area contributed by atoms with E-state index in [1.54, 1.807) is 0 Å². The van der Waals surface area contributed by atoms with Crippen LogP contribution in [0.5, 0.6) is 0 Å². The molecule has 0 bridgehead atoms. The molecule has 0 aliphatic rings. The highest BCUT2D eigenvalue weighted by molar-refractivity contribution is 7.99. The molecule has 1 atom stereocenters. The highest BCUT2D eigenvalue weighted by Gasteiger charge is 2.03. The third kappa shape index (κ3) is 4.67. The first kappa shape index (κ1) is 13.2. The topological polar surface area (TPSA) is 0 Å². The number of thioether (sulfide) groups is 1. The zero-order valence-electron chi connectivity index (χ0n) is 9.09. The van der Waals surface area contributed by atoms with Crippen LogP contribution in [0.3, 0.4) is 0 Å². The van der Waals surface area contributed by atoms with Crippen molar-refractivity contribution in [1.82, 2.24) is 0 Å². The Morgan fingerprint density at radius 3 is 2.73 bits per heavy atom. The van der Waals surface area contributed by atoms with Crippen molar-refractivity contribution in [2.45, 2.75) is 31.3 Å². The van der Waals surface area contributed by atoms with Gasteiger partial charge in [-0.1, -0.05) is 30.7 Å². The third-order valence-electron chi connectivity index (χ3n) is 2.27. The number of alkyl halides is 1. The van der Waals surface area contributed by atoms with E-state index in [1.807, 2.05) is 24.8 Å². The van der Waals surface area contributed by atoms with E-state index in [0.717, 1.165) is 28.6 Å². The number of hydrogen-bond donors (Lipinski definition) is 0. The zero-order chi connectivity index (χ0) is 11.3. The van der Waals surface area contributed by atoms with Crippen LogP contribution in [0, 0.1) is 6.92 Å². The maximum absolute atomic E-state index is 5.97. The van der Waals surface area contributed by atoms with Crippen molar-refractivity contribution in [3.63, 3.8) is 0 Å². The second-order valence-corrected chi connectivity index (χ2v) is 5.89. The number of benzene rings is 1. The lowest BCUT2D eigenvalue weighted by molar-refractivity contribution is 0.912. The molecule has 0 radical (unpaired) electrons. The van der Waals surface area contributed by atoms with Crippen molar-refractivity contribution in [3.05, 3.63) is 34.3 Å². The van der Waals surface area contributed by atoms with E-state index < -0.39 is 0 Å². The highest BCUT2D eigenvalue weighted by atomic mass is 35.5. The van der Waals surface area contributed by atoms with Gasteiger partial charge in [0.25, 0.3) is 0 Å². The fraction of sp³-hybridized carbons (Fsp3) is 0.500. The molecule has 15 heavy (non-hydrogen) atoms. The van der Waals surface area contributed by atoms with Crippen LogP contribution in [0.15, 0.2) is 18.2 Å². The SMILES string of the molecule is Cc1cc(CSC(C)CCCl)ccc1Cl. The van der Waals surface area contributed by atoms with Crippen molar-refractivity contribution in [1.29, 1.82) is 0 Å². The van der Waals surface area contributed by atoms with Gasteiger partial charge in [0.2, 0.25) is 0 Å². The Bertz CT molecular complexity index is 312. The summed E-state index contributed by atoms with van der Waals surface area (Å²) in [5, 5.41) is 1.47. The molecule has 3 heteroatoms. The minimum Gasteiger partial charge on any atom is -0.154 e. The van der Waals surface area contributed by atoms with Gasteiger partial charge in [-0.3, -0.25) is 0 Å². The van der Waals surface area contributed by atoms with Gasteiger partial charge < -0.3 is 0 Å². The van der Waals surface area contributed by atoms with Gasteiger partial charge in [0, 0.05) is 21.9 Å². The summed E-state index contributed by atoms with van der Waals surface area (Å²) in [6, 6.07) is 6.22. The summed E-state index contributed by atoms with van der Waals surface area (Å²) in [6.07, 6.45) is 1.07. The third-order valence-corrected chi connectivity index (χ3v) is 4.22. The van der Waals surface area contributed by atoms with Crippen molar-refractivity contribution < 1.29 is 0 Å². The van der Waals surface area contributed by atoms with Crippen LogP contribution in [0.25, 0.3) is 0 Å². The van der Waals surface area contributed by atoms with Crippen molar-refractivity contribution >= 4 is 35.0 Å². The van der Waals surface area contributed by atoms with Crippen LogP contribution in [0.1, 0.15) is 24.5 Å². The molecule has 0 heterocycles. The Morgan fingerprint density at radius 2 is 2.13 bits per heavy atom. The first-order valence-electron chi connectivity index (χ1n) is 5.06. The number of rotatable bonds is 5. The van der Waals surface area contributed by atoms with E-state index in [0.29, 0.717) is 5.25 Å². The van der Waals surface area contributed by atoms with Crippen molar-refractivity contribution in [2.75, 3.05) is 5.88 Å². The molecule has 1 rings (SSSR count). The standard InChI is InChI=1S/C12H16Cl2S/c1-9-7-11(3-4-12(9)14)8-15-10(2)5-6-13/h3-4,7,10H,5-6,8H2,1-2H3. The van der Waals surface area contributed by atoms with Crippen LogP contribution >= 0.6 is 35.0 Å². The van der Waals surface area contributed by atoms with Crippen molar-refractivity contribution in [2.24, 2.45) is 0 Å². The lowest BCUT2D eigenvalue weighted by Gasteiger charge is -2.09. The van der Waals surface area contributed by atoms with Gasteiger partial charge >= 0.3 is 0 Å². The fourth-order valence-electron chi connectivity index (χ4n) is 1.27. The average Bonchev–Trinajstić information content (AvgIpc) is 2.20. The van der Waals surface area contributed by atoms with E-state index in [-0.39, 0.29) is 0 Å². The van der Waals surface area contributed by atoms with E-state index in [1.165, 1.54) is 5.56 Å². The summed E-state index contributed by atoms with van der Waals surface area (Å²) in [6.45, 7) is 4.26. The molecule has 0 amide bonds. The zero-order valence-corrected chi connectivity index (χ0v) is 11.4. The van der Waals surface area contributed by atoms with Crippen LogP contribution in [-0.2, 0) is 5.75 Å². The van der Waals surface area contributed by atoms with E-state index in [9.17, 15) is 0 Å². The molecule has 0 aliphatic carbocycles. The summed E-state index contributed by atoms with van der Waals surface area (Å²) >= 11 is 13.6. The van der Waals surface area contributed by atoms with Crippen LogP contribution < -0.4 is 0 Å². The Kier molecular flexibility index (Phi) is 5.88. The largest absolute Gasteiger partial charge is 0.154 e. The second-order valence-electron chi connectivity index (χ2n) is 3.68. The highest BCUT2D eigenvalue weighted by Crippen LogP contribution is 2.23. The summed E-state index contributed by atoms with van der Waals surface area (Å²) < 4.78 is 0. The van der Waals surface area contributed by atoms with E-state index in [2.05, 4.69) is 19.1 Å². The summed E-state index contributed by atoms with van der Waals surface area (Å²) in [5.41, 5.74) is 2.49. The molecule has 0 aliphatic heterocycles. The quantitative estimate of drug-likeness (QED) is 0.681. The maximum atomic E-state index is 5.97. The summed E-state index contributed by atoms with van der Waals surface area (Å²) in [4.78, 5) is 0. The Hall–Kier alpha value is 0.150. The average molecular weight is 263 g/mol. The molecule has 1 unspecified atom stereocenters. The van der Waals surface area contributed by atoms with Gasteiger partial charge in [0.1, 0.15) is 0 Å². The second kappa shape index (κ2) is 6.67. The lowest BCUT2D eigenvalue weighted by Crippen LogP contribution is -1.97. The molecule has 0 saturated heterocycles. The number of halogens is 2. The molecule has 84 valence electrons. The Morgan fingerprint density at radius 1 is 1.40 bits per heavy atom. The molecular formula is C12H16Cl2S. The molecular weight excluding hydrogens is 247 g/mol. The maximum Gasteiger partial charge on any atom is 0.0435 e. The van der Waals surface area contributed by atoms with Gasteiger partial charge in [-0.15, -0.1) is 11.6 Å². The van der Waals surface area contributed by atoms with Crippen molar-refractivity contribution in [3.8, 4) is 0 Å². The van der Waals surface area contributed by atoms with Crippen LogP contribution in [0.4, 0.5) is 0 Å². The van der Waals surface area contributed by atoms with Crippen LogP contribution in [-0.4, -0.2) is 11.1 Å². The predicted molar refractivity (Wildman–Crippen MR) is 72.3 cm³/mol. The Labute approximate surface area is 106 Å². The minimum atomic E-state index is 0.624. The molecule has 0 fully saturated rings. The molecule has 0 N–H and O–H groups in total. The molecule has 1 aromatic carbocycles. The van der Waals surface area contributed by atoms with Gasteiger partial charge in [0.05, 0.1) is 0 Å². The normalized spacial score (nSPS) is 12.8. The van der Waals surface area contributed by atoms with Gasteiger partial charge in [-0.2, -0.15) is 11.8 Å². The monoisotopic (exact) mass is 262 g/mol. The molecule has 0 saturated carbocycles. The predicted octanol–water partition coefficient (Wildman–Crippen LogP) is 4.90. The fourth-order valence-corrected chi connectivity index (χ4v) is 2.79. The molecule has 0 aromatic heterocycles. The van der Waals surface area contributed by atoms with E-state index >= 15 is 0 Å². The molecule has 1 aromatic rings. The van der Waals surface area contributed by atoms with Crippen LogP contribution in [0.2, 0.25) is 5.02 Å².